The van der Waals surface area contributed by atoms with Crippen LogP contribution in [0.15, 0.2) is 53.7 Å². The molecule has 0 atom stereocenters. The Morgan fingerprint density at radius 2 is 2.04 bits per heavy atom. The number of nitrogens with one attached hydrogen (secondary N) is 3. The Hall–Kier alpha value is -3.02. The van der Waals surface area contributed by atoms with Crippen LogP contribution in [-0.4, -0.2) is 31.1 Å². The summed E-state index contributed by atoms with van der Waals surface area (Å²) in [5.41, 5.74) is 3.24. The maximum absolute atomic E-state index is 13.9. The molecular formula is C21H25FN4O. The number of aliphatic imine (C=N–C) groups is 1. The highest BCUT2D eigenvalue weighted by atomic mass is 19.1. The van der Waals surface area contributed by atoms with Gasteiger partial charge in [0, 0.05) is 37.2 Å². The third-order valence-corrected chi connectivity index (χ3v) is 4.34. The van der Waals surface area contributed by atoms with Gasteiger partial charge in [-0.05, 0) is 42.7 Å². The normalized spacial score (nSPS) is 11.6. The van der Waals surface area contributed by atoms with Crippen LogP contribution in [0.1, 0.15) is 18.1 Å². The van der Waals surface area contributed by atoms with E-state index in [1.165, 1.54) is 17.0 Å². The van der Waals surface area contributed by atoms with Gasteiger partial charge in [-0.3, -0.25) is 4.99 Å². The number of fused-ring (bicyclic) bond motifs is 1. The third kappa shape index (κ3) is 4.78. The summed E-state index contributed by atoms with van der Waals surface area (Å²) < 4.78 is 19.2. The molecule has 0 aliphatic carbocycles. The van der Waals surface area contributed by atoms with E-state index in [-0.39, 0.29) is 11.6 Å². The molecule has 0 bridgehead atoms. The summed E-state index contributed by atoms with van der Waals surface area (Å²) in [7, 11) is 1.72. The molecule has 3 rings (SSSR count). The fourth-order valence-electron chi connectivity index (χ4n) is 2.99. The maximum atomic E-state index is 13.9. The standard InChI is InChI=1S/C21H25FN4O/c1-3-27-20-9-8-15(12-18(20)22)13-26-21(23-2)24-11-10-16-14-25-19-7-5-4-6-17(16)19/h4-9,12,14,25H,3,10-11,13H2,1-2H3,(H2,23,24,26). The van der Waals surface area contributed by atoms with Gasteiger partial charge < -0.3 is 20.4 Å². The number of H-pyrrole nitrogens is 1. The van der Waals surface area contributed by atoms with E-state index >= 15 is 0 Å². The van der Waals surface area contributed by atoms with E-state index in [0.717, 1.165) is 24.0 Å². The summed E-state index contributed by atoms with van der Waals surface area (Å²) >= 11 is 0. The van der Waals surface area contributed by atoms with Crippen molar-refractivity contribution < 1.29 is 9.13 Å². The Balaban J connectivity index is 1.50. The second kappa shape index (κ2) is 9.07. The number of aromatic amines is 1. The number of guanidine groups is 1. The van der Waals surface area contributed by atoms with E-state index in [4.69, 9.17) is 4.74 Å². The number of rotatable bonds is 7. The van der Waals surface area contributed by atoms with Crippen molar-refractivity contribution in [1.29, 1.82) is 0 Å². The average Bonchev–Trinajstić information content (AvgIpc) is 3.10. The molecule has 1 aromatic heterocycles. The third-order valence-electron chi connectivity index (χ3n) is 4.34. The van der Waals surface area contributed by atoms with Crippen molar-refractivity contribution in [3.8, 4) is 5.75 Å². The molecule has 0 saturated carbocycles. The van der Waals surface area contributed by atoms with Crippen molar-refractivity contribution in [2.75, 3.05) is 20.2 Å². The van der Waals surface area contributed by atoms with Gasteiger partial charge >= 0.3 is 0 Å². The molecule has 3 N–H and O–H groups in total. The number of hydrogen-bond acceptors (Lipinski definition) is 2. The minimum absolute atomic E-state index is 0.280. The molecule has 0 aliphatic heterocycles. The molecule has 0 fully saturated rings. The summed E-state index contributed by atoms with van der Waals surface area (Å²) in [6, 6.07) is 13.2. The Labute approximate surface area is 158 Å². The van der Waals surface area contributed by atoms with E-state index in [9.17, 15) is 4.39 Å². The van der Waals surface area contributed by atoms with E-state index in [1.54, 1.807) is 13.1 Å². The van der Waals surface area contributed by atoms with Gasteiger partial charge in [0.1, 0.15) is 0 Å². The minimum Gasteiger partial charge on any atom is -0.491 e. The highest BCUT2D eigenvalue weighted by Crippen LogP contribution is 2.19. The Bertz CT molecular complexity index is 919. The van der Waals surface area contributed by atoms with Crippen molar-refractivity contribution in [2.24, 2.45) is 4.99 Å². The molecule has 1 heterocycles. The number of para-hydroxylation sites is 1. The Morgan fingerprint density at radius 3 is 2.81 bits per heavy atom. The molecule has 27 heavy (non-hydrogen) atoms. The lowest BCUT2D eigenvalue weighted by atomic mass is 10.1. The highest BCUT2D eigenvalue weighted by molar-refractivity contribution is 5.83. The fourth-order valence-corrected chi connectivity index (χ4v) is 2.99. The summed E-state index contributed by atoms with van der Waals surface area (Å²) in [6.07, 6.45) is 2.92. The summed E-state index contributed by atoms with van der Waals surface area (Å²) in [6.45, 7) is 3.51. The predicted molar refractivity (Wildman–Crippen MR) is 108 cm³/mol. The average molecular weight is 368 g/mol. The van der Waals surface area contributed by atoms with Gasteiger partial charge in [0.05, 0.1) is 6.61 Å². The SMILES string of the molecule is CCOc1ccc(CNC(=NC)NCCc2c[nH]c3ccccc23)cc1F. The maximum Gasteiger partial charge on any atom is 0.191 e. The monoisotopic (exact) mass is 368 g/mol. The lowest BCUT2D eigenvalue weighted by Crippen LogP contribution is -2.37. The van der Waals surface area contributed by atoms with E-state index in [1.807, 2.05) is 31.3 Å². The molecule has 6 heteroatoms. The molecule has 5 nitrogen and oxygen atoms in total. The quantitative estimate of drug-likeness (QED) is 0.441. The number of nitrogens with zero attached hydrogens (tertiary/aromatic N) is 1. The molecule has 2 aromatic carbocycles. The zero-order valence-corrected chi connectivity index (χ0v) is 15.7. The highest BCUT2D eigenvalue weighted by Gasteiger charge is 2.06. The van der Waals surface area contributed by atoms with Crippen LogP contribution in [0.2, 0.25) is 0 Å². The van der Waals surface area contributed by atoms with Crippen LogP contribution in [0.3, 0.4) is 0 Å². The van der Waals surface area contributed by atoms with E-state index < -0.39 is 0 Å². The minimum atomic E-state index is -0.349. The fraction of sp³-hybridized carbons (Fsp3) is 0.286. The molecule has 0 spiro atoms. The van der Waals surface area contributed by atoms with Crippen molar-refractivity contribution in [3.05, 3.63) is 65.6 Å². The van der Waals surface area contributed by atoms with Crippen molar-refractivity contribution in [1.82, 2.24) is 15.6 Å². The van der Waals surface area contributed by atoms with Crippen molar-refractivity contribution >= 4 is 16.9 Å². The van der Waals surface area contributed by atoms with Crippen LogP contribution in [-0.2, 0) is 13.0 Å². The van der Waals surface area contributed by atoms with Gasteiger partial charge in [-0.25, -0.2) is 4.39 Å². The van der Waals surface area contributed by atoms with Crippen LogP contribution in [0, 0.1) is 5.82 Å². The topological polar surface area (TPSA) is 61.4 Å². The predicted octanol–water partition coefficient (Wildman–Crippen LogP) is 3.61. The first-order valence-corrected chi connectivity index (χ1v) is 9.12. The zero-order chi connectivity index (χ0) is 19.1. The molecular weight excluding hydrogens is 343 g/mol. The first kappa shape index (κ1) is 18.8. The van der Waals surface area contributed by atoms with Crippen molar-refractivity contribution in [2.45, 2.75) is 19.9 Å². The smallest absolute Gasteiger partial charge is 0.191 e. The van der Waals surface area contributed by atoms with Gasteiger partial charge in [0.15, 0.2) is 17.5 Å². The van der Waals surface area contributed by atoms with Gasteiger partial charge in [0.25, 0.3) is 0 Å². The molecule has 0 saturated heterocycles. The Morgan fingerprint density at radius 1 is 1.19 bits per heavy atom. The Kier molecular flexibility index (Phi) is 6.30. The molecule has 0 radical (unpaired) electrons. The molecule has 0 amide bonds. The first-order chi connectivity index (χ1) is 13.2. The number of ether oxygens (including phenoxy) is 1. The number of halogens is 1. The second-order valence-electron chi connectivity index (χ2n) is 6.16. The number of aromatic nitrogens is 1. The van der Waals surface area contributed by atoms with Crippen LogP contribution >= 0.6 is 0 Å². The molecule has 142 valence electrons. The lowest BCUT2D eigenvalue weighted by Gasteiger charge is -2.12. The van der Waals surface area contributed by atoms with E-state index in [0.29, 0.717) is 19.1 Å². The first-order valence-electron chi connectivity index (χ1n) is 9.12. The van der Waals surface area contributed by atoms with Crippen LogP contribution in [0.25, 0.3) is 10.9 Å². The van der Waals surface area contributed by atoms with Crippen molar-refractivity contribution in [3.63, 3.8) is 0 Å². The lowest BCUT2D eigenvalue weighted by molar-refractivity contribution is 0.321. The second-order valence-corrected chi connectivity index (χ2v) is 6.16. The number of benzene rings is 2. The zero-order valence-electron chi connectivity index (χ0n) is 15.7. The van der Waals surface area contributed by atoms with E-state index in [2.05, 4.69) is 32.7 Å². The summed E-state index contributed by atoms with van der Waals surface area (Å²) in [4.78, 5) is 7.51. The molecule has 0 unspecified atom stereocenters. The summed E-state index contributed by atoms with van der Waals surface area (Å²) in [5, 5.41) is 7.74. The van der Waals surface area contributed by atoms with Gasteiger partial charge in [-0.2, -0.15) is 0 Å². The molecule has 0 aliphatic rings. The number of hydrogen-bond donors (Lipinski definition) is 3. The summed E-state index contributed by atoms with van der Waals surface area (Å²) in [5.74, 6) is 0.616. The largest absolute Gasteiger partial charge is 0.491 e. The van der Waals surface area contributed by atoms with Gasteiger partial charge in [-0.15, -0.1) is 0 Å². The van der Waals surface area contributed by atoms with Crippen LogP contribution < -0.4 is 15.4 Å². The van der Waals surface area contributed by atoms with Crippen LogP contribution in [0.5, 0.6) is 5.75 Å². The van der Waals surface area contributed by atoms with Gasteiger partial charge in [-0.1, -0.05) is 24.3 Å². The molecule has 3 aromatic rings. The van der Waals surface area contributed by atoms with Crippen LogP contribution in [0.4, 0.5) is 4.39 Å². The van der Waals surface area contributed by atoms with Gasteiger partial charge in [0.2, 0.25) is 0 Å².